The summed E-state index contributed by atoms with van der Waals surface area (Å²) in [5.41, 5.74) is 2.12. The van der Waals surface area contributed by atoms with E-state index in [1.165, 1.54) is 25.3 Å². The molecule has 0 spiro atoms. The summed E-state index contributed by atoms with van der Waals surface area (Å²) in [5.74, 6) is 1.01. The molecule has 0 atom stereocenters. The minimum atomic E-state index is -0.227. The number of anilines is 2. The zero-order valence-electron chi connectivity index (χ0n) is 15.7. The van der Waals surface area contributed by atoms with Gasteiger partial charge in [-0.1, -0.05) is 43.5 Å². The van der Waals surface area contributed by atoms with Crippen molar-refractivity contribution >= 4 is 11.8 Å². The van der Waals surface area contributed by atoms with Crippen LogP contribution in [0.25, 0.3) is 11.4 Å². The molecule has 1 aliphatic carbocycles. The largest absolute Gasteiger partial charge is 0.366 e. The average Bonchev–Trinajstić information content (AvgIpc) is 2.74. The van der Waals surface area contributed by atoms with Crippen molar-refractivity contribution in [3.63, 3.8) is 0 Å². The summed E-state index contributed by atoms with van der Waals surface area (Å²) in [4.78, 5) is 13.7. The minimum absolute atomic E-state index is 0.227. The van der Waals surface area contributed by atoms with Gasteiger partial charge in [0.2, 0.25) is 5.95 Å². The number of aromatic nitrogens is 3. The summed E-state index contributed by atoms with van der Waals surface area (Å²) in [5, 5.41) is 6.71. The lowest BCUT2D eigenvalue weighted by Gasteiger charge is -2.23. The van der Waals surface area contributed by atoms with Crippen LogP contribution in [0.5, 0.6) is 0 Å². The molecule has 3 aromatic rings. The Labute approximate surface area is 164 Å². The van der Waals surface area contributed by atoms with Crippen LogP contribution in [0.4, 0.5) is 16.2 Å². The first-order valence-electron chi connectivity index (χ1n) is 9.82. The van der Waals surface area contributed by atoms with Gasteiger partial charge in [0.05, 0.1) is 11.4 Å². The second-order valence-electron chi connectivity index (χ2n) is 7.10. The molecule has 0 radical (unpaired) electrons. The smallest absolute Gasteiger partial charge is 0.225 e. The van der Waals surface area contributed by atoms with Crippen LogP contribution in [0.2, 0.25) is 0 Å². The molecular weight excluding hydrogens is 353 g/mol. The molecule has 2 heterocycles. The highest BCUT2D eigenvalue weighted by molar-refractivity contribution is 5.61. The number of hydrogen-bond acceptors (Lipinski definition) is 5. The quantitative estimate of drug-likeness (QED) is 0.630. The molecule has 1 saturated carbocycles. The van der Waals surface area contributed by atoms with Gasteiger partial charge >= 0.3 is 0 Å². The molecule has 0 aliphatic heterocycles. The summed E-state index contributed by atoms with van der Waals surface area (Å²) in [6, 6.07) is 14.7. The van der Waals surface area contributed by atoms with Crippen molar-refractivity contribution in [3.05, 3.63) is 66.1 Å². The number of nitrogens with zero attached hydrogens (tertiary/aromatic N) is 3. The van der Waals surface area contributed by atoms with Gasteiger partial charge in [0.15, 0.2) is 0 Å². The summed E-state index contributed by atoms with van der Waals surface area (Å²) in [7, 11) is 0. The van der Waals surface area contributed by atoms with E-state index in [2.05, 4.69) is 25.6 Å². The maximum Gasteiger partial charge on any atom is 0.225 e. The molecule has 2 N–H and O–H groups in total. The predicted molar refractivity (Wildman–Crippen MR) is 109 cm³/mol. The second kappa shape index (κ2) is 8.78. The molecule has 1 aromatic carbocycles. The number of rotatable bonds is 6. The fourth-order valence-electron chi connectivity index (χ4n) is 3.50. The molecular formula is C22H24FN5. The molecule has 0 amide bonds. The zero-order valence-corrected chi connectivity index (χ0v) is 15.7. The summed E-state index contributed by atoms with van der Waals surface area (Å²) in [6.45, 7) is 0.355. The van der Waals surface area contributed by atoms with Crippen LogP contribution < -0.4 is 10.6 Å². The Morgan fingerprint density at radius 1 is 0.929 bits per heavy atom. The molecule has 0 bridgehead atoms. The van der Waals surface area contributed by atoms with Crippen LogP contribution in [-0.4, -0.2) is 21.0 Å². The summed E-state index contributed by atoms with van der Waals surface area (Å²) >= 11 is 0. The summed E-state index contributed by atoms with van der Waals surface area (Å²) < 4.78 is 13.9. The number of benzene rings is 1. The van der Waals surface area contributed by atoms with Crippen LogP contribution in [0.3, 0.4) is 0 Å². The molecule has 28 heavy (non-hydrogen) atoms. The maximum absolute atomic E-state index is 13.9. The fraction of sp³-hybridized carbons (Fsp3) is 0.318. The highest BCUT2D eigenvalue weighted by Gasteiger charge is 2.16. The zero-order chi connectivity index (χ0) is 19.2. The monoisotopic (exact) mass is 377 g/mol. The highest BCUT2D eigenvalue weighted by Crippen LogP contribution is 2.24. The van der Waals surface area contributed by atoms with Crippen molar-refractivity contribution in [1.29, 1.82) is 0 Å². The molecule has 5 nitrogen and oxygen atoms in total. The van der Waals surface area contributed by atoms with Gasteiger partial charge < -0.3 is 10.6 Å². The minimum Gasteiger partial charge on any atom is -0.366 e. The number of hydrogen-bond donors (Lipinski definition) is 2. The molecule has 2 aromatic heterocycles. The van der Waals surface area contributed by atoms with Crippen LogP contribution >= 0.6 is 0 Å². The lowest BCUT2D eigenvalue weighted by molar-refractivity contribution is 0.461. The topological polar surface area (TPSA) is 62.7 Å². The van der Waals surface area contributed by atoms with Gasteiger partial charge in [-0.25, -0.2) is 9.37 Å². The van der Waals surface area contributed by atoms with Crippen LogP contribution in [0, 0.1) is 5.82 Å². The molecule has 1 fully saturated rings. The van der Waals surface area contributed by atoms with Crippen molar-refractivity contribution in [2.75, 3.05) is 10.6 Å². The first-order chi connectivity index (χ1) is 13.8. The number of halogens is 1. The molecule has 0 unspecified atom stereocenters. The Morgan fingerprint density at radius 3 is 2.54 bits per heavy atom. The van der Waals surface area contributed by atoms with E-state index in [1.54, 1.807) is 18.3 Å². The van der Waals surface area contributed by atoms with Gasteiger partial charge in [-0.3, -0.25) is 4.98 Å². The lowest BCUT2D eigenvalue weighted by Crippen LogP contribution is -2.23. The SMILES string of the molecule is Fc1ccccc1CNc1cc(-c2ccccn2)nc(NC2CCCCC2)n1. The first kappa shape index (κ1) is 18.3. The Kier molecular flexibility index (Phi) is 5.75. The van der Waals surface area contributed by atoms with E-state index in [0.29, 0.717) is 29.9 Å². The standard InChI is InChI=1S/C22H24FN5/c23-18-11-5-4-8-16(18)15-25-21-14-20(19-12-6-7-13-24-19)27-22(28-21)26-17-9-2-1-3-10-17/h4-8,11-14,17H,1-3,9-10,15H2,(H2,25,26,27,28). The molecule has 4 rings (SSSR count). The van der Waals surface area contributed by atoms with Crippen molar-refractivity contribution < 1.29 is 4.39 Å². The summed E-state index contributed by atoms with van der Waals surface area (Å²) in [6.07, 6.45) is 7.77. The van der Waals surface area contributed by atoms with Crippen LogP contribution in [0.15, 0.2) is 54.7 Å². The van der Waals surface area contributed by atoms with Crippen molar-refractivity contribution in [3.8, 4) is 11.4 Å². The van der Waals surface area contributed by atoms with E-state index in [4.69, 9.17) is 0 Å². The van der Waals surface area contributed by atoms with Gasteiger partial charge in [-0.2, -0.15) is 4.98 Å². The Morgan fingerprint density at radius 2 is 1.75 bits per heavy atom. The average molecular weight is 377 g/mol. The molecule has 144 valence electrons. The number of pyridine rings is 1. The fourth-order valence-corrected chi connectivity index (χ4v) is 3.50. The predicted octanol–water partition coefficient (Wildman–Crippen LogP) is 5.03. The Bertz CT molecular complexity index is 910. The Hall–Kier alpha value is -3.02. The van der Waals surface area contributed by atoms with E-state index >= 15 is 0 Å². The van der Waals surface area contributed by atoms with Crippen molar-refractivity contribution in [2.24, 2.45) is 0 Å². The third-order valence-corrected chi connectivity index (χ3v) is 5.01. The normalized spacial score (nSPS) is 14.6. The Balaban J connectivity index is 1.58. The van der Waals surface area contributed by atoms with Crippen LogP contribution in [0.1, 0.15) is 37.7 Å². The highest BCUT2D eigenvalue weighted by atomic mass is 19.1. The maximum atomic E-state index is 13.9. The van der Waals surface area contributed by atoms with E-state index in [1.807, 2.05) is 30.3 Å². The first-order valence-corrected chi connectivity index (χ1v) is 9.82. The van der Waals surface area contributed by atoms with Gasteiger partial charge in [-0.15, -0.1) is 0 Å². The van der Waals surface area contributed by atoms with Gasteiger partial charge in [0.25, 0.3) is 0 Å². The van der Waals surface area contributed by atoms with E-state index in [-0.39, 0.29) is 5.82 Å². The van der Waals surface area contributed by atoms with Gasteiger partial charge in [0.1, 0.15) is 11.6 Å². The second-order valence-corrected chi connectivity index (χ2v) is 7.10. The van der Waals surface area contributed by atoms with Crippen molar-refractivity contribution in [1.82, 2.24) is 15.0 Å². The third kappa shape index (κ3) is 4.63. The molecule has 6 heteroatoms. The van der Waals surface area contributed by atoms with E-state index in [0.717, 1.165) is 24.2 Å². The van der Waals surface area contributed by atoms with E-state index < -0.39 is 0 Å². The van der Waals surface area contributed by atoms with E-state index in [9.17, 15) is 4.39 Å². The van der Waals surface area contributed by atoms with Crippen LogP contribution in [-0.2, 0) is 6.54 Å². The third-order valence-electron chi connectivity index (χ3n) is 5.01. The molecule has 1 aliphatic rings. The van der Waals surface area contributed by atoms with Gasteiger partial charge in [0, 0.05) is 30.4 Å². The number of nitrogens with one attached hydrogen (secondary N) is 2. The molecule has 0 saturated heterocycles. The van der Waals surface area contributed by atoms with Gasteiger partial charge in [-0.05, 0) is 31.0 Å². The van der Waals surface area contributed by atoms with Crippen molar-refractivity contribution in [2.45, 2.75) is 44.7 Å². The lowest BCUT2D eigenvalue weighted by atomic mass is 9.96.